The highest BCUT2D eigenvalue weighted by Crippen LogP contribution is 2.27. The van der Waals surface area contributed by atoms with Gasteiger partial charge in [0.05, 0.1) is 25.7 Å². The molecule has 0 aliphatic rings. The molecule has 21 heavy (non-hydrogen) atoms. The van der Waals surface area contributed by atoms with E-state index in [0.717, 1.165) is 13.2 Å². The lowest BCUT2D eigenvalue weighted by Gasteiger charge is -2.10. The maximum Gasteiger partial charge on any atom is 0.336 e. The van der Waals surface area contributed by atoms with E-state index in [1.165, 1.54) is 19.2 Å². The van der Waals surface area contributed by atoms with E-state index in [9.17, 15) is 24.8 Å². The Morgan fingerprint density at radius 2 is 2.10 bits per heavy atom. The zero-order chi connectivity index (χ0) is 16.0. The number of nitro benzene ring substituents is 1. The first-order valence-corrected chi connectivity index (χ1v) is 5.77. The summed E-state index contributed by atoms with van der Waals surface area (Å²) < 4.78 is 9.10. The average Bonchev–Trinajstić information content (AvgIpc) is 2.50. The number of carbonyl (C=O) groups is 2. The van der Waals surface area contributed by atoms with Gasteiger partial charge in [-0.25, -0.2) is 4.79 Å². The predicted molar refractivity (Wildman–Crippen MR) is 70.0 cm³/mol. The molecule has 2 N–H and O–H groups in total. The van der Waals surface area contributed by atoms with Crippen molar-refractivity contribution in [1.29, 1.82) is 0 Å². The van der Waals surface area contributed by atoms with E-state index >= 15 is 0 Å². The molecule has 1 atom stereocenters. The minimum Gasteiger partial charge on any atom is -0.490 e. The Morgan fingerprint density at radius 1 is 1.43 bits per heavy atom. The Hall–Kier alpha value is -2.68. The van der Waals surface area contributed by atoms with Crippen molar-refractivity contribution in [3.05, 3.63) is 33.9 Å². The van der Waals surface area contributed by atoms with Gasteiger partial charge in [-0.3, -0.25) is 14.9 Å². The van der Waals surface area contributed by atoms with Crippen LogP contribution in [-0.4, -0.2) is 48.8 Å². The fourth-order valence-corrected chi connectivity index (χ4v) is 1.48. The van der Waals surface area contributed by atoms with Crippen LogP contribution in [0.15, 0.2) is 18.2 Å². The number of ether oxygens (including phenoxy) is 2. The maximum atomic E-state index is 11.8. The van der Waals surface area contributed by atoms with Crippen LogP contribution in [0.5, 0.6) is 5.75 Å². The summed E-state index contributed by atoms with van der Waals surface area (Å²) in [4.78, 5) is 32.9. The second kappa shape index (κ2) is 7.20. The van der Waals surface area contributed by atoms with Crippen molar-refractivity contribution in [3.63, 3.8) is 0 Å². The van der Waals surface area contributed by atoms with Crippen molar-refractivity contribution >= 4 is 17.6 Å². The van der Waals surface area contributed by atoms with E-state index in [4.69, 9.17) is 4.74 Å². The van der Waals surface area contributed by atoms with E-state index < -0.39 is 22.9 Å². The number of aliphatic hydroxyl groups excluding tert-OH is 1. The minimum atomic E-state index is -1.51. The van der Waals surface area contributed by atoms with Crippen LogP contribution in [0.3, 0.4) is 0 Å². The number of nitro groups is 1. The summed E-state index contributed by atoms with van der Waals surface area (Å²) in [5, 5.41) is 22.4. The number of esters is 1. The van der Waals surface area contributed by atoms with Crippen LogP contribution in [-0.2, 0) is 9.53 Å². The monoisotopic (exact) mass is 298 g/mol. The Bertz CT molecular complexity index is 559. The van der Waals surface area contributed by atoms with E-state index in [1.54, 1.807) is 0 Å². The molecule has 0 saturated carbocycles. The third-order valence-corrected chi connectivity index (χ3v) is 2.57. The first kappa shape index (κ1) is 16.4. The van der Waals surface area contributed by atoms with Gasteiger partial charge in [0.2, 0.25) is 0 Å². The molecule has 0 radical (unpaired) electrons. The first-order valence-electron chi connectivity index (χ1n) is 5.77. The molecule has 0 fully saturated rings. The second-order valence-corrected chi connectivity index (χ2v) is 3.89. The molecule has 0 aromatic heterocycles. The van der Waals surface area contributed by atoms with Gasteiger partial charge in [-0.1, -0.05) is 0 Å². The molecule has 1 unspecified atom stereocenters. The largest absolute Gasteiger partial charge is 0.490 e. The number of carbonyl (C=O) groups excluding carboxylic acids is 2. The van der Waals surface area contributed by atoms with Gasteiger partial charge in [0.25, 0.3) is 5.91 Å². The molecule has 0 aliphatic heterocycles. The number of nitrogens with one attached hydrogen (secondary N) is 1. The smallest absolute Gasteiger partial charge is 0.336 e. The van der Waals surface area contributed by atoms with Gasteiger partial charge in [0.15, 0.2) is 11.9 Å². The summed E-state index contributed by atoms with van der Waals surface area (Å²) in [5.74, 6) is -1.55. The van der Waals surface area contributed by atoms with Crippen LogP contribution in [0, 0.1) is 10.1 Å². The molecule has 1 amide bonds. The molecule has 0 heterocycles. The summed E-state index contributed by atoms with van der Waals surface area (Å²) in [6.45, 7) is -0.370. The SMILES string of the molecule is COC(=O)C(O)CNC(=O)c1ccc(OC)c([N+](=O)[O-])c1. The van der Waals surface area contributed by atoms with Gasteiger partial charge in [-0.15, -0.1) is 0 Å². The van der Waals surface area contributed by atoms with Crippen LogP contribution < -0.4 is 10.1 Å². The van der Waals surface area contributed by atoms with E-state index in [0.29, 0.717) is 0 Å². The quantitative estimate of drug-likeness (QED) is 0.425. The van der Waals surface area contributed by atoms with Crippen molar-refractivity contribution in [1.82, 2.24) is 5.32 Å². The molecule has 9 nitrogen and oxygen atoms in total. The standard InChI is InChI=1S/C12H14N2O7/c1-20-10-4-3-7(5-8(10)14(18)19)11(16)13-6-9(15)12(17)21-2/h3-5,9,15H,6H2,1-2H3,(H,13,16). The van der Waals surface area contributed by atoms with Crippen LogP contribution in [0.25, 0.3) is 0 Å². The van der Waals surface area contributed by atoms with E-state index in [1.807, 2.05) is 0 Å². The summed E-state index contributed by atoms with van der Waals surface area (Å²) in [5.41, 5.74) is -0.363. The number of rotatable bonds is 6. The molecule has 114 valence electrons. The van der Waals surface area contributed by atoms with Gasteiger partial charge in [0, 0.05) is 11.6 Å². The Kier molecular flexibility index (Phi) is 5.61. The fraction of sp³-hybridized carbons (Fsp3) is 0.333. The van der Waals surface area contributed by atoms with Gasteiger partial charge in [-0.05, 0) is 12.1 Å². The first-order chi connectivity index (χ1) is 9.90. The highest BCUT2D eigenvalue weighted by molar-refractivity contribution is 5.95. The Balaban J connectivity index is 2.81. The maximum absolute atomic E-state index is 11.8. The number of hydrogen-bond acceptors (Lipinski definition) is 7. The topological polar surface area (TPSA) is 128 Å². The Labute approximate surface area is 119 Å². The number of amides is 1. The number of hydrogen-bond donors (Lipinski definition) is 2. The molecular formula is C12H14N2O7. The predicted octanol–water partition coefficient (Wildman–Crippen LogP) is -0.133. The van der Waals surface area contributed by atoms with Crippen molar-refractivity contribution in [2.75, 3.05) is 20.8 Å². The van der Waals surface area contributed by atoms with E-state index in [2.05, 4.69) is 10.1 Å². The van der Waals surface area contributed by atoms with Crippen LogP contribution in [0.4, 0.5) is 5.69 Å². The molecular weight excluding hydrogens is 284 g/mol. The molecule has 0 spiro atoms. The van der Waals surface area contributed by atoms with Crippen molar-refractivity contribution in [2.45, 2.75) is 6.10 Å². The van der Waals surface area contributed by atoms with Crippen molar-refractivity contribution in [2.24, 2.45) is 0 Å². The number of methoxy groups -OCH3 is 2. The third kappa shape index (κ3) is 4.14. The Morgan fingerprint density at radius 3 is 2.62 bits per heavy atom. The number of nitrogens with zero attached hydrogens (tertiary/aromatic N) is 1. The highest BCUT2D eigenvalue weighted by Gasteiger charge is 2.20. The lowest BCUT2D eigenvalue weighted by atomic mass is 10.1. The molecule has 1 aromatic rings. The second-order valence-electron chi connectivity index (χ2n) is 3.89. The van der Waals surface area contributed by atoms with Gasteiger partial charge >= 0.3 is 11.7 Å². The minimum absolute atomic E-state index is 0.000402. The van der Waals surface area contributed by atoms with Crippen LogP contribution >= 0.6 is 0 Å². The molecule has 1 aromatic carbocycles. The lowest BCUT2D eigenvalue weighted by molar-refractivity contribution is -0.385. The fourth-order valence-electron chi connectivity index (χ4n) is 1.48. The summed E-state index contributed by atoms with van der Waals surface area (Å²) in [6.07, 6.45) is -1.51. The zero-order valence-corrected chi connectivity index (χ0v) is 11.4. The normalized spacial score (nSPS) is 11.4. The summed E-state index contributed by atoms with van der Waals surface area (Å²) in [7, 11) is 2.37. The molecule has 0 aliphatic carbocycles. The molecule has 9 heteroatoms. The van der Waals surface area contributed by atoms with Crippen LogP contribution in [0.2, 0.25) is 0 Å². The summed E-state index contributed by atoms with van der Waals surface area (Å²) >= 11 is 0. The number of benzene rings is 1. The van der Waals surface area contributed by atoms with Gasteiger partial charge < -0.3 is 19.9 Å². The summed E-state index contributed by atoms with van der Waals surface area (Å²) in [6, 6.07) is 3.65. The van der Waals surface area contributed by atoms with Gasteiger partial charge in [0.1, 0.15) is 0 Å². The molecule has 0 saturated heterocycles. The highest BCUT2D eigenvalue weighted by atomic mass is 16.6. The average molecular weight is 298 g/mol. The number of aliphatic hydroxyl groups is 1. The zero-order valence-electron chi connectivity index (χ0n) is 11.4. The van der Waals surface area contributed by atoms with Crippen LogP contribution in [0.1, 0.15) is 10.4 Å². The molecule has 1 rings (SSSR count). The third-order valence-electron chi connectivity index (χ3n) is 2.57. The lowest BCUT2D eigenvalue weighted by Crippen LogP contribution is -2.37. The molecule has 0 bridgehead atoms. The van der Waals surface area contributed by atoms with Crippen molar-refractivity contribution in [3.8, 4) is 5.75 Å². The van der Waals surface area contributed by atoms with Gasteiger partial charge in [-0.2, -0.15) is 0 Å². The van der Waals surface area contributed by atoms with Crippen molar-refractivity contribution < 1.29 is 29.1 Å². The van der Waals surface area contributed by atoms with E-state index in [-0.39, 0.29) is 23.5 Å².